The predicted molar refractivity (Wildman–Crippen MR) is 118 cm³/mol. The van der Waals surface area contributed by atoms with Gasteiger partial charge in [0.1, 0.15) is 19.0 Å². The van der Waals surface area contributed by atoms with E-state index in [1.165, 1.54) is 24.3 Å². The molecule has 0 aliphatic carbocycles. The van der Waals surface area contributed by atoms with E-state index in [0.717, 1.165) is 10.9 Å². The predicted octanol–water partition coefficient (Wildman–Crippen LogP) is 4.35. The normalized spacial score (nSPS) is 20.0. The van der Waals surface area contributed by atoms with Crippen LogP contribution >= 0.6 is 15.9 Å². The average molecular weight is 496 g/mol. The Balaban J connectivity index is 1.54. The van der Waals surface area contributed by atoms with Crippen LogP contribution in [0.4, 0.5) is 0 Å². The Kier molecular flexibility index (Phi) is 7.55. The van der Waals surface area contributed by atoms with Gasteiger partial charge in [-0.15, -0.1) is 0 Å². The van der Waals surface area contributed by atoms with Gasteiger partial charge >= 0.3 is 5.97 Å². The summed E-state index contributed by atoms with van der Waals surface area (Å²) in [6.45, 7) is 5.50. The molecule has 2 unspecified atom stereocenters. The van der Waals surface area contributed by atoms with Gasteiger partial charge in [0.2, 0.25) is 10.0 Å². The Morgan fingerprint density at radius 2 is 1.60 bits per heavy atom. The van der Waals surface area contributed by atoms with Gasteiger partial charge in [-0.25, -0.2) is 13.2 Å². The number of nitrogens with zero attached hydrogens (tertiary/aromatic N) is 1. The fraction of sp³-hybridized carbons (Fsp3) is 0.409. The van der Waals surface area contributed by atoms with Crippen LogP contribution in [-0.2, 0) is 14.8 Å². The molecule has 2 aromatic rings. The van der Waals surface area contributed by atoms with Crippen LogP contribution in [0.2, 0.25) is 0 Å². The molecule has 162 valence electrons. The van der Waals surface area contributed by atoms with Crippen LogP contribution in [0.3, 0.4) is 0 Å². The Hall–Kier alpha value is -1.90. The number of piperidine rings is 1. The summed E-state index contributed by atoms with van der Waals surface area (Å²) in [4.78, 5) is 12.4. The Morgan fingerprint density at radius 3 is 2.20 bits per heavy atom. The third kappa shape index (κ3) is 5.83. The van der Waals surface area contributed by atoms with Gasteiger partial charge in [-0.3, -0.25) is 0 Å². The molecular weight excluding hydrogens is 470 g/mol. The van der Waals surface area contributed by atoms with Crippen LogP contribution in [0, 0.1) is 11.8 Å². The molecule has 6 nitrogen and oxygen atoms in total. The third-order valence-electron chi connectivity index (χ3n) is 4.96. The SMILES string of the molecule is CC1CC(C)CN(S(=O)(=O)c2ccc(C(=O)OCCOc3ccc(Br)cc3)cc2)C1. The maximum Gasteiger partial charge on any atom is 0.338 e. The van der Waals surface area contributed by atoms with Crippen LogP contribution in [-0.4, -0.2) is 45.0 Å². The smallest absolute Gasteiger partial charge is 0.338 e. The molecule has 0 saturated carbocycles. The van der Waals surface area contributed by atoms with E-state index in [1.807, 2.05) is 24.3 Å². The highest BCUT2D eigenvalue weighted by Crippen LogP contribution is 2.26. The number of ether oxygens (including phenoxy) is 2. The lowest BCUT2D eigenvalue weighted by Crippen LogP contribution is -2.42. The van der Waals surface area contributed by atoms with Crippen molar-refractivity contribution in [2.24, 2.45) is 11.8 Å². The van der Waals surface area contributed by atoms with Gasteiger partial charge in [0.15, 0.2) is 0 Å². The first-order valence-corrected chi connectivity index (χ1v) is 12.1. The summed E-state index contributed by atoms with van der Waals surface area (Å²) in [7, 11) is -3.57. The van der Waals surface area contributed by atoms with E-state index in [1.54, 1.807) is 4.31 Å². The molecule has 0 radical (unpaired) electrons. The number of benzene rings is 2. The molecule has 0 amide bonds. The number of hydrogen-bond acceptors (Lipinski definition) is 5. The molecule has 1 fully saturated rings. The first-order chi connectivity index (χ1) is 14.3. The lowest BCUT2D eigenvalue weighted by atomic mass is 9.94. The van der Waals surface area contributed by atoms with Gasteiger partial charge in [-0.2, -0.15) is 4.31 Å². The molecule has 0 aromatic heterocycles. The summed E-state index contributed by atoms with van der Waals surface area (Å²) in [6.07, 6.45) is 1.03. The zero-order valence-corrected chi connectivity index (χ0v) is 19.5. The Morgan fingerprint density at radius 1 is 1.00 bits per heavy atom. The number of halogens is 1. The molecule has 2 aromatic carbocycles. The lowest BCUT2D eigenvalue weighted by molar-refractivity contribution is 0.0450. The second-order valence-electron chi connectivity index (χ2n) is 7.73. The highest BCUT2D eigenvalue weighted by atomic mass is 79.9. The van der Waals surface area contributed by atoms with Gasteiger partial charge < -0.3 is 9.47 Å². The second kappa shape index (κ2) is 9.94. The molecule has 1 aliphatic heterocycles. The van der Waals surface area contributed by atoms with Gasteiger partial charge in [0, 0.05) is 17.6 Å². The van der Waals surface area contributed by atoms with Crippen molar-refractivity contribution in [2.75, 3.05) is 26.3 Å². The summed E-state index contributed by atoms with van der Waals surface area (Å²) in [5.41, 5.74) is 0.304. The molecule has 2 atom stereocenters. The van der Waals surface area contributed by atoms with Crippen LogP contribution in [0.15, 0.2) is 57.9 Å². The largest absolute Gasteiger partial charge is 0.490 e. The van der Waals surface area contributed by atoms with Crippen LogP contribution < -0.4 is 4.74 Å². The summed E-state index contributed by atoms with van der Waals surface area (Å²) in [5, 5.41) is 0. The van der Waals surface area contributed by atoms with E-state index in [2.05, 4.69) is 29.8 Å². The fourth-order valence-electron chi connectivity index (χ4n) is 3.62. The van der Waals surface area contributed by atoms with Crippen molar-refractivity contribution >= 4 is 31.9 Å². The monoisotopic (exact) mass is 495 g/mol. The average Bonchev–Trinajstić information content (AvgIpc) is 2.71. The summed E-state index contributed by atoms with van der Waals surface area (Å²) in [6, 6.07) is 13.3. The molecule has 1 aliphatic rings. The van der Waals surface area contributed by atoms with Crippen molar-refractivity contribution < 1.29 is 22.7 Å². The van der Waals surface area contributed by atoms with Crippen molar-refractivity contribution in [1.29, 1.82) is 0 Å². The van der Waals surface area contributed by atoms with E-state index in [-0.39, 0.29) is 18.1 Å². The quantitative estimate of drug-likeness (QED) is 0.421. The molecule has 3 rings (SSSR count). The van der Waals surface area contributed by atoms with Crippen molar-refractivity contribution in [3.8, 4) is 5.75 Å². The van der Waals surface area contributed by atoms with Crippen molar-refractivity contribution in [2.45, 2.75) is 25.2 Å². The van der Waals surface area contributed by atoms with Crippen LogP contribution in [0.5, 0.6) is 5.75 Å². The fourth-order valence-corrected chi connectivity index (χ4v) is 5.57. The number of esters is 1. The third-order valence-corrected chi connectivity index (χ3v) is 7.34. The Labute approximate surface area is 186 Å². The van der Waals surface area contributed by atoms with E-state index in [4.69, 9.17) is 9.47 Å². The van der Waals surface area contributed by atoms with E-state index >= 15 is 0 Å². The minimum Gasteiger partial charge on any atom is -0.490 e. The first kappa shape index (κ1) is 22.8. The number of rotatable bonds is 7. The molecule has 1 saturated heterocycles. The van der Waals surface area contributed by atoms with Gasteiger partial charge in [0.25, 0.3) is 0 Å². The molecule has 0 bridgehead atoms. The first-order valence-electron chi connectivity index (χ1n) is 9.91. The minimum absolute atomic E-state index is 0.0957. The molecular formula is C22H26BrNO5S. The van der Waals surface area contributed by atoms with Gasteiger partial charge in [-0.05, 0) is 66.8 Å². The zero-order valence-electron chi connectivity index (χ0n) is 17.1. The topological polar surface area (TPSA) is 72.9 Å². The maximum atomic E-state index is 12.9. The second-order valence-corrected chi connectivity index (χ2v) is 10.6. The van der Waals surface area contributed by atoms with Crippen molar-refractivity contribution in [1.82, 2.24) is 4.31 Å². The Bertz CT molecular complexity index is 950. The standard InChI is InChI=1S/C22H26BrNO5S/c1-16-13-17(2)15-24(14-16)30(26,27)21-9-3-18(4-10-21)22(25)29-12-11-28-20-7-5-19(23)6-8-20/h3-10,16-17H,11-15H2,1-2H3. The lowest BCUT2D eigenvalue weighted by Gasteiger charge is -2.34. The van der Waals surface area contributed by atoms with E-state index < -0.39 is 16.0 Å². The van der Waals surface area contributed by atoms with Gasteiger partial charge in [0.05, 0.1) is 10.5 Å². The molecule has 30 heavy (non-hydrogen) atoms. The highest BCUT2D eigenvalue weighted by molar-refractivity contribution is 9.10. The number of carbonyl (C=O) groups is 1. The summed E-state index contributed by atoms with van der Waals surface area (Å²) in [5.74, 6) is 0.832. The van der Waals surface area contributed by atoms with Gasteiger partial charge in [-0.1, -0.05) is 29.8 Å². The molecule has 0 N–H and O–H groups in total. The summed E-state index contributed by atoms with van der Waals surface area (Å²) >= 11 is 3.35. The number of sulfonamides is 1. The van der Waals surface area contributed by atoms with Crippen LogP contribution in [0.1, 0.15) is 30.6 Å². The van der Waals surface area contributed by atoms with Crippen LogP contribution in [0.25, 0.3) is 0 Å². The summed E-state index contributed by atoms with van der Waals surface area (Å²) < 4.78 is 39.1. The molecule has 1 heterocycles. The van der Waals surface area contributed by atoms with Crippen molar-refractivity contribution in [3.63, 3.8) is 0 Å². The van der Waals surface area contributed by atoms with E-state index in [9.17, 15) is 13.2 Å². The zero-order chi connectivity index (χ0) is 21.7. The molecule has 8 heteroatoms. The van der Waals surface area contributed by atoms with Crippen molar-refractivity contribution in [3.05, 3.63) is 58.6 Å². The highest BCUT2D eigenvalue weighted by Gasteiger charge is 2.31. The molecule has 0 spiro atoms. The maximum absolute atomic E-state index is 12.9. The minimum atomic E-state index is -3.57. The number of hydrogen-bond donors (Lipinski definition) is 0. The van der Waals surface area contributed by atoms with E-state index in [0.29, 0.717) is 36.2 Å². The number of carbonyl (C=O) groups excluding carboxylic acids is 1.